The second-order valence-electron chi connectivity index (χ2n) is 3.72. The molecular weight excluding hydrogens is 281 g/mol. The highest BCUT2D eigenvalue weighted by atomic mass is 32.1. The van der Waals surface area contributed by atoms with Crippen molar-refractivity contribution in [2.75, 3.05) is 7.11 Å². The Bertz CT molecular complexity index is 616. The molecule has 0 bridgehead atoms. The Morgan fingerprint density at radius 1 is 1.47 bits per heavy atom. The maximum Gasteiger partial charge on any atom is 0.426 e. The molecule has 0 aliphatic rings. The van der Waals surface area contributed by atoms with Crippen molar-refractivity contribution in [3.63, 3.8) is 0 Å². The van der Waals surface area contributed by atoms with Gasteiger partial charge < -0.3 is 4.74 Å². The van der Waals surface area contributed by atoms with Crippen LogP contribution in [-0.4, -0.2) is 22.9 Å². The topological polar surface area (TPSA) is 44.1 Å². The minimum absolute atomic E-state index is 0.101. The van der Waals surface area contributed by atoms with Gasteiger partial charge >= 0.3 is 12.1 Å². The van der Waals surface area contributed by atoms with Gasteiger partial charge in [0.15, 0.2) is 0 Å². The normalized spacial score (nSPS) is 11.6. The number of halogens is 3. The number of aromatic nitrogens is 2. The van der Waals surface area contributed by atoms with Crippen LogP contribution < -0.4 is 0 Å². The SMILES string of the molecule is COC(=O)c1cc(-c2ccn(C)n2)c(C(F)(F)F)s1. The molecule has 102 valence electrons. The van der Waals surface area contributed by atoms with Crippen molar-refractivity contribution in [3.05, 3.63) is 28.1 Å². The van der Waals surface area contributed by atoms with Gasteiger partial charge in [-0.2, -0.15) is 18.3 Å². The summed E-state index contributed by atoms with van der Waals surface area (Å²) in [6.45, 7) is 0. The zero-order valence-electron chi connectivity index (χ0n) is 9.99. The van der Waals surface area contributed by atoms with Gasteiger partial charge in [-0.1, -0.05) is 0 Å². The van der Waals surface area contributed by atoms with Crippen molar-refractivity contribution in [2.24, 2.45) is 7.05 Å². The Labute approximate surface area is 110 Å². The van der Waals surface area contributed by atoms with Crippen LogP contribution in [0.4, 0.5) is 13.2 Å². The van der Waals surface area contributed by atoms with E-state index in [0.717, 1.165) is 13.2 Å². The van der Waals surface area contributed by atoms with Gasteiger partial charge in [0.25, 0.3) is 0 Å². The fraction of sp³-hybridized carbons (Fsp3) is 0.273. The number of esters is 1. The van der Waals surface area contributed by atoms with Gasteiger partial charge in [-0.05, 0) is 12.1 Å². The first-order chi connectivity index (χ1) is 8.82. The smallest absolute Gasteiger partial charge is 0.426 e. The molecule has 0 radical (unpaired) electrons. The summed E-state index contributed by atoms with van der Waals surface area (Å²) in [6.07, 6.45) is -3.01. The summed E-state index contributed by atoms with van der Waals surface area (Å²) >= 11 is 0.354. The third kappa shape index (κ3) is 2.62. The number of hydrogen-bond acceptors (Lipinski definition) is 4. The molecule has 0 amide bonds. The quantitative estimate of drug-likeness (QED) is 0.799. The van der Waals surface area contributed by atoms with E-state index >= 15 is 0 Å². The lowest BCUT2D eigenvalue weighted by Crippen LogP contribution is -2.03. The average molecular weight is 290 g/mol. The Hall–Kier alpha value is -1.83. The highest BCUT2D eigenvalue weighted by molar-refractivity contribution is 7.14. The minimum Gasteiger partial charge on any atom is -0.465 e. The summed E-state index contributed by atoms with van der Waals surface area (Å²) in [5.74, 6) is -0.794. The first kappa shape index (κ1) is 13.6. The summed E-state index contributed by atoms with van der Waals surface area (Å²) in [4.78, 5) is 10.4. The molecule has 2 heterocycles. The largest absolute Gasteiger partial charge is 0.465 e. The molecule has 0 aromatic carbocycles. The zero-order valence-corrected chi connectivity index (χ0v) is 10.8. The van der Waals surface area contributed by atoms with Crippen LogP contribution in [0.3, 0.4) is 0 Å². The molecule has 0 N–H and O–H groups in total. The molecule has 0 atom stereocenters. The maximum absolute atomic E-state index is 12.9. The van der Waals surface area contributed by atoms with Crippen molar-refractivity contribution in [1.29, 1.82) is 0 Å². The van der Waals surface area contributed by atoms with Crippen LogP contribution in [0.2, 0.25) is 0 Å². The van der Waals surface area contributed by atoms with Crippen molar-refractivity contribution in [2.45, 2.75) is 6.18 Å². The van der Waals surface area contributed by atoms with Gasteiger partial charge in [0, 0.05) is 18.8 Å². The standard InChI is InChI=1S/C11H9F3N2O2S/c1-16-4-3-7(15-16)6-5-8(10(17)18-2)19-9(6)11(12,13)14/h3-5H,1-2H3. The van der Waals surface area contributed by atoms with E-state index in [1.807, 2.05) is 0 Å². The zero-order chi connectivity index (χ0) is 14.2. The Morgan fingerprint density at radius 2 is 2.16 bits per heavy atom. The molecule has 2 aromatic heterocycles. The van der Waals surface area contributed by atoms with Gasteiger partial charge in [0.1, 0.15) is 9.75 Å². The molecule has 2 aromatic rings. The lowest BCUT2D eigenvalue weighted by Gasteiger charge is -2.05. The summed E-state index contributed by atoms with van der Waals surface area (Å²) < 4.78 is 44.7. The third-order valence-corrected chi connectivity index (χ3v) is 3.53. The van der Waals surface area contributed by atoms with Crippen LogP contribution in [0.15, 0.2) is 18.3 Å². The highest BCUT2D eigenvalue weighted by Gasteiger charge is 2.37. The molecule has 0 fully saturated rings. The van der Waals surface area contributed by atoms with Crippen molar-refractivity contribution in [1.82, 2.24) is 9.78 Å². The van der Waals surface area contributed by atoms with Gasteiger partial charge in [0.05, 0.1) is 12.8 Å². The van der Waals surface area contributed by atoms with Crippen LogP contribution in [0.1, 0.15) is 14.5 Å². The Balaban J connectivity index is 2.58. The van der Waals surface area contributed by atoms with E-state index in [0.29, 0.717) is 11.3 Å². The van der Waals surface area contributed by atoms with E-state index < -0.39 is 17.0 Å². The molecule has 4 nitrogen and oxygen atoms in total. The number of aryl methyl sites for hydroxylation is 1. The number of rotatable bonds is 2. The Kier molecular flexibility index (Phi) is 3.36. The number of thiophene rings is 1. The molecule has 0 aliphatic carbocycles. The molecule has 19 heavy (non-hydrogen) atoms. The molecule has 0 saturated heterocycles. The van der Waals surface area contributed by atoms with Crippen molar-refractivity contribution < 1.29 is 22.7 Å². The average Bonchev–Trinajstić information content (AvgIpc) is 2.92. The molecule has 8 heteroatoms. The van der Waals surface area contributed by atoms with Crippen LogP contribution in [0.5, 0.6) is 0 Å². The molecule has 0 spiro atoms. The van der Waals surface area contributed by atoms with Crippen LogP contribution >= 0.6 is 11.3 Å². The minimum atomic E-state index is -4.54. The molecule has 0 aliphatic heterocycles. The monoisotopic (exact) mass is 290 g/mol. The number of nitrogens with zero attached hydrogens (tertiary/aromatic N) is 2. The van der Waals surface area contributed by atoms with Crippen LogP contribution in [-0.2, 0) is 18.0 Å². The first-order valence-electron chi connectivity index (χ1n) is 5.12. The van der Waals surface area contributed by atoms with Gasteiger partial charge in [-0.25, -0.2) is 4.79 Å². The summed E-state index contributed by atoms with van der Waals surface area (Å²) in [5, 5.41) is 3.92. The third-order valence-electron chi connectivity index (χ3n) is 2.37. The van der Waals surface area contributed by atoms with Crippen molar-refractivity contribution in [3.8, 4) is 11.3 Å². The van der Waals surface area contributed by atoms with E-state index in [1.54, 1.807) is 7.05 Å². The number of hydrogen-bond donors (Lipinski definition) is 0. The van der Waals surface area contributed by atoms with E-state index in [9.17, 15) is 18.0 Å². The predicted molar refractivity (Wildman–Crippen MR) is 62.9 cm³/mol. The van der Waals surface area contributed by atoms with Crippen LogP contribution in [0.25, 0.3) is 11.3 Å². The van der Waals surface area contributed by atoms with Gasteiger partial charge in [-0.3, -0.25) is 4.68 Å². The molecule has 0 unspecified atom stereocenters. The summed E-state index contributed by atoms with van der Waals surface area (Å²) in [6, 6.07) is 2.61. The summed E-state index contributed by atoms with van der Waals surface area (Å²) in [5.41, 5.74) is 0.0553. The van der Waals surface area contributed by atoms with Crippen molar-refractivity contribution >= 4 is 17.3 Å². The number of alkyl halides is 3. The molecule has 0 saturated carbocycles. The molecular formula is C11H9F3N2O2S. The Morgan fingerprint density at radius 3 is 2.63 bits per heavy atom. The number of carbonyl (C=O) groups is 1. The maximum atomic E-state index is 12.9. The van der Waals surface area contributed by atoms with E-state index in [1.165, 1.54) is 16.9 Å². The lowest BCUT2D eigenvalue weighted by molar-refractivity contribution is -0.133. The van der Waals surface area contributed by atoms with E-state index in [-0.39, 0.29) is 16.1 Å². The number of methoxy groups -OCH3 is 1. The predicted octanol–water partition coefficient (Wildman–Crippen LogP) is 2.95. The first-order valence-corrected chi connectivity index (χ1v) is 5.94. The summed E-state index contributed by atoms with van der Waals surface area (Å²) in [7, 11) is 2.72. The van der Waals surface area contributed by atoms with Crippen LogP contribution in [0, 0.1) is 0 Å². The van der Waals surface area contributed by atoms with Gasteiger partial charge in [-0.15, -0.1) is 11.3 Å². The van der Waals surface area contributed by atoms with E-state index in [2.05, 4.69) is 9.84 Å². The fourth-order valence-corrected chi connectivity index (χ4v) is 2.50. The lowest BCUT2D eigenvalue weighted by atomic mass is 10.1. The van der Waals surface area contributed by atoms with Gasteiger partial charge in [0.2, 0.25) is 0 Å². The fourth-order valence-electron chi connectivity index (χ4n) is 1.55. The van der Waals surface area contributed by atoms with E-state index in [4.69, 9.17) is 0 Å². The highest BCUT2D eigenvalue weighted by Crippen LogP contribution is 2.42. The number of ether oxygens (including phenoxy) is 1. The number of carbonyl (C=O) groups excluding carboxylic acids is 1. The molecule has 2 rings (SSSR count). The second kappa shape index (κ2) is 4.69. The second-order valence-corrected chi connectivity index (χ2v) is 4.77.